The Morgan fingerprint density at radius 2 is 2.29 bits per heavy atom. The summed E-state index contributed by atoms with van der Waals surface area (Å²) in [6.07, 6.45) is 0. The number of amides is 1. The molecule has 0 saturated carbocycles. The Morgan fingerprint density at radius 3 is 2.94 bits per heavy atom. The lowest BCUT2D eigenvalue weighted by molar-refractivity contribution is 0.0951. The molecule has 6 heteroatoms. The van der Waals surface area contributed by atoms with Crippen LogP contribution in [0.5, 0.6) is 0 Å². The lowest BCUT2D eigenvalue weighted by atomic mass is 10.2. The molecule has 0 unspecified atom stereocenters. The highest BCUT2D eigenvalue weighted by molar-refractivity contribution is 7.11. The molecule has 1 aromatic carbocycles. The Balaban J connectivity index is 1.98. The van der Waals surface area contributed by atoms with E-state index in [1.165, 1.54) is 11.3 Å². The van der Waals surface area contributed by atoms with Crippen molar-refractivity contribution in [3.8, 4) is 0 Å². The fourth-order valence-electron chi connectivity index (χ4n) is 1.30. The van der Waals surface area contributed by atoms with Crippen molar-refractivity contribution in [2.24, 2.45) is 0 Å². The van der Waals surface area contributed by atoms with Crippen molar-refractivity contribution in [3.05, 3.63) is 44.9 Å². The van der Waals surface area contributed by atoms with Crippen LogP contribution in [-0.4, -0.2) is 16.1 Å². The summed E-state index contributed by atoms with van der Waals surface area (Å²) < 4.78 is 0. The maximum absolute atomic E-state index is 11.8. The normalized spacial score (nSPS) is 10.2. The summed E-state index contributed by atoms with van der Waals surface area (Å²) in [5, 5.41) is 12.8. The van der Waals surface area contributed by atoms with Gasteiger partial charge in [0, 0.05) is 10.6 Å². The second-order valence-corrected chi connectivity index (χ2v) is 5.11. The van der Waals surface area contributed by atoms with Crippen LogP contribution in [0.2, 0.25) is 5.02 Å². The number of hydrogen-bond donors (Lipinski definition) is 1. The number of hydrogen-bond acceptors (Lipinski definition) is 4. The summed E-state index contributed by atoms with van der Waals surface area (Å²) in [6, 6.07) is 6.81. The van der Waals surface area contributed by atoms with Gasteiger partial charge in [-0.15, -0.1) is 10.2 Å². The fraction of sp³-hybridized carbons (Fsp3) is 0.182. The molecule has 4 nitrogen and oxygen atoms in total. The van der Waals surface area contributed by atoms with Crippen molar-refractivity contribution < 1.29 is 4.79 Å². The molecular formula is C11H10ClN3OS. The summed E-state index contributed by atoms with van der Waals surface area (Å²) in [7, 11) is 0. The monoisotopic (exact) mass is 267 g/mol. The zero-order chi connectivity index (χ0) is 12.3. The number of halogens is 1. The van der Waals surface area contributed by atoms with Crippen LogP contribution in [0.25, 0.3) is 0 Å². The van der Waals surface area contributed by atoms with Crippen molar-refractivity contribution in [1.29, 1.82) is 0 Å². The molecule has 1 amide bonds. The predicted octanol–water partition coefficient (Wildman–Crippen LogP) is 2.43. The first-order chi connectivity index (χ1) is 8.15. The van der Waals surface area contributed by atoms with Crippen molar-refractivity contribution in [2.75, 3.05) is 0 Å². The number of aryl methyl sites for hydroxylation is 1. The number of carbonyl (C=O) groups excluding carboxylic acids is 1. The van der Waals surface area contributed by atoms with Gasteiger partial charge in [0.1, 0.15) is 10.0 Å². The highest BCUT2D eigenvalue weighted by Crippen LogP contribution is 2.11. The Hall–Kier alpha value is -1.46. The zero-order valence-electron chi connectivity index (χ0n) is 9.11. The fourth-order valence-corrected chi connectivity index (χ4v) is 2.14. The van der Waals surface area contributed by atoms with E-state index in [-0.39, 0.29) is 5.91 Å². The minimum Gasteiger partial charge on any atom is -0.345 e. The molecule has 17 heavy (non-hydrogen) atoms. The number of rotatable bonds is 3. The van der Waals surface area contributed by atoms with Gasteiger partial charge in [0.15, 0.2) is 0 Å². The quantitative estimate of drug-likeness (QED) is 0.929. The van der Waals surface area contributed by atoms with E-state index in [0.717, 1.165) is 10.0 Å². The summed E-state index contributed by atoms with van der Waals surface area (Å²) in [5.74, 6) is -0.166. The van der Waals surface area contributed by atoms with Crippen LogP contribution in [0.15, 0.2) is 24.3 Å². The van der Waals surface area contributed by atoms with Crippen LogP contribution in [0.4, 0.5) is 0 Å². The smallest absolute Gasteiger partial charge is 0.251 e. The van der Waals surface area contributed by atoms with Crippen LogP contribution in [-0.2, 0) is 6.54 Å². The van der Waals surface area contributed by atoms with Crippen molar-refractivity contribution >= 4 is 28.8 Å². The van der Waals surface area contributed by atoms with E-state index in [2.05, 4.69) is 15.5 Å². The number of nitrogens with one attached hydrogen (secondary N) is 1. The van der Waals surface area contributed by atoms with Gasteiger partial charge < -0.3 is 5.32 Å². The van der Waals surface area contributed by atoms with Gasteiger partial charge in [-0.05, 0) is 25.1 Å². The number of carbonyl (C=O) groups is 1. The SMILES string of the molecule is Cc1nnc(CNC(=O)c2cccc(Cl)c2)s1. The molecular weight excluding hydrogens is 258 g/mol. The van der Waals surface area contributed by atoms with E-state index >= 15 is 0 Å². The van der Waals surface area contributed by atoms with E-state index in [9.17, 15) is 4.79 Å². The first-order valence-electron chi connectivity index (χ1n) is 4.98. The van der Waals surface area contributed by atoms with Crippen LogP contribution < -0.4 is 5.32 Å². The Bertz CT molecular complexity index is 541. The molecule has 0 aliphatic carbocycles. The maximum atomic E-state index is 11.8. The van der Waals surface area contributed by atoms with Gasteiger partial charge in [-0.3, -0.25) is 4.79 Å². The molecule has 1 aromatic heterocycles. The Kier molecular flexibility index (Phi) is 3.71. The van der Waals surface area contributed by atoms with Gasteiger partial charge in [0.2, 0.25) is 0 Å². The third-order valence-corrected chi connectivity index (χ3v) is 3.13. The number of nitrogens with zero attached hydrogens (tertiary/aromatic N) is 2. The van der Waals surface area contributed by atoms with Crippen molar-refractivity contribution in [1.82, 2.24) is 15.5 Å². The number of aromatic nitrogens is 2. The first-order valence-corrected chi connectivity index (χ1v) is 6.17. The van der Waals surface area contributed by atoms with Gasteiger partial charge >= 0.3 is 0 Å². The van der Waals surface area contributed by atoms with Crippen LogP contribution in [0.3, 0.4) is 0 Å². The molecule has 2 rings (SSSR count). The molecule has 0 radical (unpaired) electrons. The minimum absolute atomic E-state index is 0.166. The maximum Gasteiger partial charge on any atom is 0.251 e. The molecule has 0 bridgehead atoms. The van der Waals surface area contributed by atoms with Gasteiger partial charge in [0.25, 0.3) is 5.91 Å². The molecule has 88 valence electrons. The topological polar surface area (TPSA) is 54.9 Å². The minimum atomic E-state index is -0.166. The standard InChI is InChI=1S/C11H10ClN3OS/c1-7-14-15-10(17-7)6-13-11(16)8-3-2-4-9(12)5-8/h2-5H,6H2,1H3,(H,13,16). The predicted molar refractivity (Wildman–Crippen MR) is 67.3 cm³/mol. The van der Waals surface area contributed by atoms with Gasteiger partial charge in [-0.2, -0.15) is 0 Å². The van der Waals surface area contributed by atoms with E-state index in [1.807, 2.05) is 6.92 Å². The van der Waals surface area contributed by atoms with Gasteiger partial charge in [-0.1, -0.05) is 29.0 Å². The molecule has 2 aromatic rings. The Labute approximate surface area is 108 Å². The number of benzene rings is 1. The van der Waals surface area contributed by atoms with Crippen molar-refractivity contribution in [2.45, 2.75) is 13.5 Å². The zero-order valence-corrected chi connectivity index (χ0v) is 10.7. The van der Waals surface area contributed by atoms with Crippen LogP contribution in [0.1, 0.15) is 20.4 Å². The lowest BCUT2D eigenvalue weighted by Gasteiger charge is -2.02. The lowest BCUT2D eigenvalue weighted by Crippen LogP contribution is -2.22. The summed E-state index contributed by atoms with van der Waals surface area (Å²) in [6.45, 7) is 2.26. The van der Waals surface area contributed by atoms with Gasteiger partial charge in [-0.25, -0.2) is 0 Å². The molecule has 0 atom stereocenters. The highest BCUT2D eigenvalue weighted by Gasteiger charge is 2.07. The third-order valence-electron chi connectivity index (χ3n) is 2.05. The van der Waals surface area contributed by atoms with E-state index in [1.54, 1.807) is 24.3 Å². The van der Waals surface area contributed by atoms with E-state index < -0.39 is 0 Å². The molecule has 0 saturated heterocycles. The average molecular weight is 268 g/mol. The molecule has 0 aliphatic rings. The molecule has 0 fully saturated rings. The van der Waals surface area contributed by atoms with Crippen LogP contribution in [0, 0.1) is 6.92 Å². The molecule has 0 spiro atoms. The molecule has 0 aliphatic heterocycles. The Morgan fingerprint density at radius 1 is 1.47 bits per heavy atom. The first kappa shape index (κ1) is 12.0. The van der Waals surface area contributed by atoms with E-state index in [4.69, 9.17) is 11.6 Å². The highest BCUT2D eigenvalue weighted by atomic mass is 35.5. The second-order valence-electron chi connectivity index (χ2n) is 3.41. The largest absolute Gasteiger partial charge is 0.345 e. The van der Waals surface area contributed by atoms with Crippen molar-refractivity contribution in [3.63, 3.8) is 0 Å². The van der Waals surface area contributed by atoms with Crippen LogP contribution >= 0.6 is 22.9 Å². The third kappa shape index (κ3) is 3.25. The summed E-state index contributed by atoms with van der Waals surface area (Å²) in [5.41, 5.74) is 0.540. The summed E-state index contributed by atoms with van der Waals surface area (Å²) in [4.78, 5) is 11.8. The molecule has 1 heterocycles. The average Bonchev–Trinajstić information content (AvgIpc) is 2.72. The molecule has 1 N–H and O–H groups in total. The summed E-state index contributed by atoms with van der Waals surface area (Å²) >= 11 is 7.27. The van der Waals surface area contributed by atoms with E-state index in [0.29, 0.717) is 17.1 Å². The van der Waals surface area contributed by atoms with Gasteiger partial charge in [0.05, 0.1) is 6.54 Å². The second kappa shape index (κ2) is 5.25.